The monoisotopic (exact) mass is 484 g/mol. The van der Waals surface area contributed by atoms with Crippen LogP contribution in [0, 0.1) is 14.9 Å². The molecule has 3 N–H and O–H groups in total. The van der Waals surface area contributed by atoms with Crippen LogP contribution in [0.1, 0.15) is 5.56 Å². The molecule has 0 saturated carbocycles. The first-order valence-electron chi connectivity index (χ1n) is 6.31. The third-order valence-corrected chi connectivity index (χ3v) is 4.26. The molecule has 116 valence electrons. The lowest BCUT2D eigenvalue weighted by Gasteiger charge is -2.06. The number of rotatable bonds is 3. The van der Waals surface area contributed by atoms with Gasteiger partial charge in [-0.3, -0.25) is 4.79 Å². The van der Waals surface area contributed by atoms with Gasteiger partial charge in [0.15, 0.2) is 0 Å². The van der Waals surface area contributed by atoms with Gasteiger partial charge < -0.3 is 15.5 Å². The van der Waals surface area contributed by atoms with Crippen molar-refractivity contribution in [3.8, 4) is 17.6 Å². The number of amides is 1. The van der Waals surface area contributed by atoms with Crippen LogP contribution in [0.25, 0.3) is 6.08 Å². The second-order valence-corrected chi connectivity index (χ2v) is 6.57. The number of nitriles is 1. The van der Waals surface area contributed by atoms with Gasteiger partial charge in [-0.2, -0.15) is 5.26 Å². The Morgan fingerprint density at radius 2 is 1.87 bits per heavy atom. The molecule has 0 fully saturated rings. The highest BCUT2D eigenvalue weighted by Gasteiger charge is 2.12. The molecule has 23 heavy (non-hydrogen) atoms. The molecule has 0 bridgehead atoms. The Morgan fingerprint density at radius 1 is 1.22 bits per heavy atom. The molecule has 0 aliphatic carbocycles. The third kappa shape index (κ3) is 4.46. The molecular formula is C16H10BrIN2O3. The van der Waals surface area contributed by atoms with Gasteiger partial charge in [0.1, 0.15) is 23.1 Å². The smallest absolute Gasteiger partial charge is 0.266 e. The topological polar surface area (TPSA) is 93.3 Å². The maximum Gasteiger partial charge on any atom is 0.266 e. The Balaban J connectivity index is 2.28. The molecule has 0 atom stereocenters. The SMILES string of the molecule is N#C/C(=C/c1cc(I)c(O)cc1O)C(=O)Nc1ccc(Br)cc1. The highest BCUT2D eigenvalue weighted by Crippen LogP contribution is 2.30. The van der Waals surface area contributed by atoms with Gasteiger partial charge in [0.25, 0.3) is 5.91 Å². The summed E-state index contributed by atoms with van der Waals surface area (Å²) in [5, 5.41) is 31.1. The summed E-state index contributed by atoms with van der Waals surface area (Å²) in [4.78, 5) is 12.1. The van der Waals surface area contributed by atoms with E-state index in [0.29, 0.717) is 9.26 Å². The highest BCUT2D eigenvalue weighted by atomic mass is 127. The van der Waals surface area contributed by atoms with E-state index in [9.17, 15) is 20.3 Å². The number of carbonyl (C=O) groups is 1. The van der Waals surface area contributed by atoms with Crippen molar-refractivity contribution in [3.05, 3.63) is 55.6 Å². The first-order valence-corrected chi connectivity index (χ1v) is 8.18. The van der Waals surface area contributed by atoms with Crippen LogP contribution in [-0.4, -0.2) is 16.1 Å². The molecule has 0 saturated heterocycles. The summed E-state index contributed by atoms with van der Waals surface area (Å²) in [6.07, 6.45) is 1.27. The number of carbonyl (C=O) groups excluding carboxylic acids is 1. The quantitative estimate of drug-likeness (QED) is 0.348. The van der Waals surface area contributed by atoms with Gasteiger partial charge in [-0.15, -0.1) is 0 Å². The van der Waals surface area contributed by atoms with Crippen LogP contribution < -0.4 is 5.32 Å². The molecule has 0 radical (unpaired) electrons. The zero-order valence-electron chi connectivity index (χ0n) is 11.5. The minimum absolute atomic E-state index is 0.0712. The van der Waals surface area contributed by atoms with Crippen molar-refractivity contribution in [1.29, 1.82) is 5.26 Å². The molecule has 2 rings (SSSR count). The van der Waals surface area contributed by atoms with E-state index < -0.39 is 5.91 Å². The summed E-state index contributed by atoms with van der Waals surface area (Å²) in [5.74, 6) is -0.873. The average Bonchev–Trinajstić information content (AvgIpc) is 2.51. The van der Waals surface area contributed by atoms with Crippen LogP contribution in [0.4, 0.5) is 5.69 Å². The molecule has 7 heteroatoms. The fourth-order valence-electron chi connectivity index (χ4n) is 1.72. The number of phenolic OH excluding ortho intramolecular Hbond substituents is 2. The van der Waals surface area contributed by atoms with E-state index in [4.69, 9.17) is 0 Å². The van der Waals surface area contributed by atoms with Crippen molar-refractivity contribution in [1.82, 2.24) is 0 Å². The zero-order chi connectivity index (χ0) is 17.0. The molecule has 0 aromatic heterocycles. The molecule has 0 unspecified atom stereocenters. The van der Waals surface area contributed by atoms with E-state index in [1.807, 2.05) is 22.6 Å². The standard InChI is InChI=1S/C16H10BrIN2O3/c17-11-1-3-12(4-2-11)20-16(23)10(8-19)5-9-6-13(18)15(22)7-14(9)21/h1-7,21-22H,(H,20,23)/b10-5-. The van der Waals surface area contributed by atoms with Gasteiger partial charge in [-0.05, 0) is 59.0 Å². The van der Waals surface area contributed by atoms with E-state index >= 15 is 0 Å². The summed E-state index contributed by atoms with van der Waals surface area (Å²) in [6, 6.07) is 11.4. The largest absolute Gasteiger partial charge is 0.507 e. The van der Waals surface area contributed by atoms with Crippen molar-refractivity contribution >= 4 is 56.2 Å². The lowest BCUT2D eigenvalue weighted by atomic mass is 10.1. The Hall–Kier alpha value is -2.05. The van der Waals surface area contributed by atoms with Crippen LogP contribution in [0.3, 0.4) is 0 Å². The molecule has 0 aliphatic heterocycles. The maximum atomic E-state index is 12.1. The van der Waals surface area contributed by atoms with Crippen molar-refractivity contribution in [2.45, 2.75) is 0 Å². The number of nitrogens with zero attached hydrogens (tertiary/aromatic N) is 1. The average molecular weight is 485 g/mol. The van der Waals surface area contributed by atoms with Crippen LogP contribution in [0.15, 0.2) is 46.4 Å². The second kappa shape index (κ2) is 7.48. The van der Waals surface area contributed by atoms with Gasteiger partial charge in [-0.25, -0.2) is 0 Å². The molecule has 0 spiro atoms. The predicted octanol–water partition coefficient (Wildman–Crippen LogP) is 4.01. The Labute approximate surface area is 154 Å². The maximum absolute atomic E-state index is 12.1. The van der Waals surface area contributed by atoms with Crippen molar-refractivity contribution in [2.24, 2.45) is 0 Å². The van der Waals surface area contributed by atoms with Crippen molar-refractivity contribution in [2.75, 3.05) is 5.32 Å². The fourth-order valence-corrected chi connectivity index (χ4v) is 2.47. The molecule has 2 aromatic rings. The first-order chi connectivity index (χ1) is 10.9. The Bertz CT molecular complexity index is 826. The Morgan fingerprint density at radius 3 is 2.48 bits per heavy atom. The molecule has 0 aliphatic rings. The fraction of sp³-hybridized carbons (Fsp3) is 0. The number of phenols is 2. The second-order valence-electron chi connectivity index (χ2n) is 4.49. The van der Waals surface area contributed by atoms with Crippen LogP contribution in [-0.2, 0) is 4.79 Å². The number of aromatic hydroxyl groups is 2. The predicted molar refractivity (Wildman–Crippen MR) is 98.9 cm³/mol. The van der Waals surface area contributed by atoms with Gasteiger partial charge in [0, 0.05) is 21.8 Å². The molecule has 2 aromatic carbocycles. The Kier molecular flexibility index (Phi) is 5.63. The number of anilines is 1. The third-order valence-electron chi connectivity index (χ3n) is 2.86. The van der Waals surface area contributed by atoms with Crippen LogP contribution in [0.2, 0.25) is 0 Å². The van der Waals surface area contributed by atoms with Gasteiger partial charge in [0.05, 0.1) is 3.57 Å². The summed E-state index contributed by atoms with van der Waals surface area (Å²) >= 11 is 5.18. The van der Waals surface area contributed by atoms with Crippen molar-refractivity contribution < 1.29 is 15.0 Å². The molecule has 5 nitrogen and oxygen atoms in total. The zero-order valence-corrected chi connectivity index (χ0v) is 15.3. The molecular weight excluding hydrogens is 475 g/mol. The van der Waals surface area contributed by atoms with Crippen LogP contribution >= 0.6 is 38.5 Å². The highest BCUT2D eigenvalue weighted by molar-refractivity contribution is 14.1. The minimum Gasteiger partial charge on any atom is -0.507 e. The summed E-state index contributed by atoms with van der Waals surface area (Å²) in [5.41, 5.74) is 0.656. The molecule has 0 heterocycles. The van der Waals surface area contributed by atoms with E-state index in [0.717, 1.165) is 10.5 Å². The first kappa shape index (κ1) is 17.3. The van der Waals surface area contributed by atoms with Gasteiger partial charge in [0.2, 0.25) is 0 Å². The number of nitrogens with one attached hydrogen (secondary N) is 1. The van der Waals surface area contributed by atoms with Gasteiger partial charge >= 0.3 is 0 Å². The molecule has 1 amide bonds. The van der Waals surface area contributed by atoms with E-state index in [2.05, 4.69) is 21.2 Å². The normalized spacial score (nSPS) is 10.9. The number of hydrogen-bond acceptors (Lipinski definition) is 4. The lowest BCUT2D eigenvalue weighted by molar-refractivity contribution is -0.112. The number of benzene rings is 2. The number of hydrogen-bond donors (Lipinski definition) is 3. The van der Waals surface area contributed by atoms with Gasteiger partial charge in [-0.1, -0.05) is 15.9 Å². The number of halogens is 2. The summed E-state index contributed by atoms with van der Waals surface area (Å²) < 4.78 is 1.37. The lowest BCUT2D eigenvalue weighted by Crippen LogP contribution is -2.13. The summed E-state index contributed by atoms with van der Waals surface area (Å²) in [7, 11) is 0. The van der Waals surface area contributed by atoms with Crippen LogP contribution in [0.5, 0.6) is 11.5 Å². The summed E-state index contributed by atoms with van der Waals surface area (Å²) in [6.45, 7) is 0. The van der Waals surface area contributed by atoms with Crippen molar-refractivity contribution in [3.63, 3.8) is 0 Å². The van der Waals surface area contributed by atoms with E-state index in [-0.39, 0.29) is 22.6 Å². The minimum atomic E-state index is -0.586. The van der Waals surface area contributed by atoms with E-state index in [1.165, 1.54) is 12.1 Å². The van der Waals surface area contributed by atoms with E-state index in [1.54, 1.807) is 30.3 Å².